The van der Waals surface area contributed by atoms with Gasteiger partial charge in [0.25, 0.3) is 0 Å². The lowest BCUT2D eigenvalue weighted by atomic mass is 9.93. The summed E-state index contributed by atoms with van der Waals surface area (Å²) in [4.78, 5) is 23.1. The molecule has 0 bridgehead atoms. The van der Waals surface area contributed by atoms with Crippen molar-refractivity contribution in [1.82, 2.24) is 5.32 Å². The lowest BCUT2D eigenvalue weighted by molar-refractivity contribution is -0.114. The first kappa shape index (κ1) is 12.8. The number of Topliss-reactive ketones (excluding diaryl/α,β-unsaturated/α-hetero) is 1. The molecule has 0 aromatic rings. The van der Waals surface area contributed by atoms with Crippen molar-refractivity contribution in [2.75, 3.05) is 0 Å². The zero-order chi connectivity index (χ0) is 13.5. The predicted octanol–water partition coefficient (Wildman–Crippen LogP) is 0.450. The Morgan fingerprint density at radius 2 is 2.22 bits per heavy atom. The Kier molecular flexibility index (Phi) is 3.02. The summed E-state index contributed by atoms with van der Waals surface area (Å²) in [6.07, 6.45) is -1.36. The average Bonchev–Trinajstić information content (AvgIpc) is 2.99. The van der Waals surface area contributed by atoms with E-state index in [1.54, 1.807) is 20.8 Å². The number of ketones is 1. The van der Waals surface area contributed by atoms with Gasteiger partial charge in [-0.1, -0.05) is 5.16 Å². The summed E-state index contributed by atoms with van der Waals surface area (Å²) in [6.45, 7) is 5.27. The molecule has 3 atom stereocenters. The molecule has 18 heavy (non-hydrogen) atoms. The number of ether oxygens (including phenoxy) is 2. The number of rotatable bonds is 1. The topological polar surface area (TPSA) is 101 Å². The molecule has 2 aliphatic rings. The number of nitrogens with one attached hydrogen (secondary N) is 1. The highest BCUT2D eigenvalue weighted by Crippen LogP contribution is 2.33. The third-order valence-electron chi connectivity index (χ3n) is 2.70. The minimum absolute atomic E-state index is 0.0230. The zero-order valence-electron chi connectivity index (χ0n) is 10.5. The molecule has 0 unspecified atom stereocenters. The van der Waals surface area contributed by atoms with Crippen LogP contribution in [0.1, 0.15) is 27.2 Å². The molecule has 0 aromatic carbocycles. The quantitative estimate of drug-likeness (QED) is 0.403. The molecule has 2 N–H and O–H groups in total. The molecule has 1 heterocycles. The summed E-state index contributed by atoms with van der Waals surface area (Å²) < 4.78 is 10.3. The molecular formula is C11H16N2O5. The van der Waals surface area contributed by atoms with E-state index in [2.05, 4.69) is 10.5 Å². The van der Waals surface area contributed by atoms with E-state index in [1.807, 2.05) is 0 Å². The summed E-state index contributed by atoms with van der Waals surface area (Å²) >= 11 is 0. The molecular weight excluding hydrogens is 240 g/mol. The van der Waals surface area contributed by atoms with Gasteiger partial charge in [-0.05, 0) is 20.8 Å². The monoisotopic (exact) mass is 256 g/mol. The number of hydrogen-bond donors (Lipinski definition) is 2. The standard InChI is InChI=1S/C11H16N2O5/c1-11(2,3)18-10(15)12-6-4-5(13-16)7(14)9-8(6)17-9/h6,8-9,16H,4H2,1-3H3,(H,12,15)/b13-5-/t6-,8+,9+/m1/s1. The number of epoxide rings is 1. The number of oxime groups is 1. The van der Waals surface area contributed by atoms with Gasteiger partial charge in [0.15, 0.2) is 6.10 Å². The molecule has 1 aliphatic heterocycles. The molecule has 1 amide bonds. The van der Waals surface area contributed by atoms with Crippen molar-refractivity contribution < 1.29 is 24.3 Å². The fraction of sp³-hybridized carbons (Fsp3) is 0.727. The third kappa shape index (κ3) is 2.61. The summed E-state index contributed by atoms with van der Waals surface area (Å²) in [5, 5.41) is 14.3. The van der Waals surface area contributed by atoms with E-state index >= 15 is 0 Å². The van der Waals surface area contributed by atoms with Gasteiger partial charge in [0.05, 0.1) is 6.04 Å². The Hall–Kier alpha value is -1.63. The lowest BCUT2D eigenvalue weighted by Crippen LogP contribution is -2.48. The van der Waals surface area contributed by atoms with Crippen molar-refractivity contribution in [1.29, 1.82) is 0 Å². The first-order valence-corrected chi connectivity index (χ1v) is 5.72. The Morgan fingerprint density at radius 1 is 1.56 bits per heavy atom. The van der Waals surface area contributed by atoms with Gasteiger partial charge >= 0.3 is 6.09 Å². The second kappa shape index (κ2) is 4.24. The molecule has 7 heteroatoms. The largest absolute Gasteiger partial charge is 0.444 e. The Labute approximate surface area is 104 Å². The van der Waals surface area contributed by atoms with E-state index in [0.717, 1.165) is 0 Å². The SMILES string of the molecule is CC(C)(C)OC(=O)N[C@@H]1C/C(=N/O)C(=O)[C@@H]2O[C@@H]12. The second-order valence-electron chi connectivity index (χ2n) is 5.39. The summed E-state index contributed by atoms with van der Waals surface area (Å²) in [6, 6.07) is -0.395. The fourth-order valence-corrected chi connectivity index (χ4v) is 1.91. The molecule has 0 aromatic heterocycles. The molecule has 7 nitrogen and oxygen atoms in total. The van der Waals surface area contributed by atoms with Crippen LogP contribution in [0.3, 0.4) is 0 Å². The fourth-order valence-electron chi connectivity index (χ4n) is 1.91. The number of fused-ring (bicyclic) bond motifs is 1. The maximum Gasteiger partial charge on any atom is 0.407 e. The van der Waals surface area contributed by atoms with Gasteiger partial charge in [0.1, 0.15) is 17.4 Å². The molecule has 100 valence electrons. The first-order valence-electron chi connectivity index (χ1n) is 5.72. The van der Waals surface area contributed by atoms with Crippen LogP contribution in [0.5, 0.6) is 0 Å². The highest BCUT2D eigenvalue weighted by Gasteiger charge is 2.56. The van der Waals surface area contributed by atoms with E-state index < -0.39 is 23.8 Å². The van der Waals surface area contributed by atoms with E-state index in [-0.39, 0.29) is 24.0 Å². The van der Waals surface area contributed by atoms with Crippen LogP contribution in [0.25, 0.3) is 0 Å². The van der Waals surface area contributed by atoms with Crippen LogP contribution in [0.4, 0.5) is 4.79 Å². The summed E-state index contributed by atoms with van der Waals surface area (Å²) in [7, 11) is 0. The van der Waals surface area contributed by atoms with Gasteiger partial charge in [-0.25, -0.2) is 4.79 Å². The van der Waals surface area contributed by atoms with Crippen LogP contribution in [0.15, 0.2) is 5.16 Å². The summed E-state index contributed by atoms with van der Waals surface area (Å²) in [5.74, 6) is -0.315. The molecule has 0 radical (unpaired) electrons. The van der Waals surface area contributed by atoms with Crippen LogP contribution in [0, 0.1) is 0 Å². The van der Waals surface area contributed by atoms with Crippen LogP contribution >= 0.6 is 0 Å². The van der Waals surface area contributed by atoms with Crippen molar-refractivity contribution >= 4 is 17.6 Å². The maximum absolute atomic E-state index is 11.6. The van der Waals surface area contributed by atoms with E-state index in [0.29, 0.717) is 0 Å². The van der Waals surface area contributed by atoms with Crippen molar-refractivity contribution in [3.8, 4) is 0 Å². The van der Waals surface area contributed by atoms with Crippen molar-refractivity contribution in [3.63, 3.8) is 0 Å². The smallest absolute Gasteiger partial charge is 0.407 e. The van der Waals surface area contributed by atoms with Crippen molar-refractivity contribution in [2.24, 2.45) is 5.16 Å². The zero-order valence-corrected chi connectivity index (χ0v) is 10.5. The van der Waals surface area contributed by atoms with E-state index in [9.17, 15) is 9.59 Å². The van der Waals surface area contributed by atoms with Gasteiger partial charge < -0.3 is 20.0 Å². The molecule has 1 saturated heterocycles. The number of carbonyl (C=O) groups excluding carboxylic acids is 2. The number of hydrogen-bond acceptors (Lipinski definition) is 6. The molecule has 2 fully saturated rings. The van der Waals surface area contributed by atoms with Crippen molar-refractivity contribution in [2.45, 2.75) is 51.0 Å². The first-order chi connectivity index (χ1) is 8.31. The predicted molar refractivity (Wildman–Crippen MR) is 60.7 cm³/mol. The number of amides is 1. The minimum Gasteiger partial charge on any atom is -0.444 e. The van der Waals surface area contributed by atoms with E-state index in [1.165, 1.54) is 0 Å². The second-order valence-corrected chi connectivity index (χ2v) is 5.39. The maximum atomic E-state index is 11.6. The third-order valence-corrected chi connectivity index (χ3v) is 2.70. The van der Waals surface area contributed by atoms with Gasteiger partial charge in [-0.15, -0.1) is 0 Å². The van der Waals surface area contributed by atoms with E-state index in [4.69, 9.17) is 14.7 Å². The Bertz CT molecular complexity index is 412. The van der Waals surface area contributed by atoms with Crippen LogP contribution < -0.4 is 5.32 Å². The normalized spacial score (nSPS) is 32.9. The van der Waals surface area contributed by atoms with Gasteiger partial charge in [0.2, 0.25) is 5.78 Å². The lowest BCUT2D eigenvalue weighted by Gasteiger charge is -2.24. The Morgan fingerprint density at radius 3 is 2.78 bits per heavy atom. The number of nitrogens with zero attached hydrogens (tertiary/aromatic N) is 1. The van der Waals surface area contributed by atoms with Gasteiger partial charge in [-0.3, -0.25) is 4.79 Å². The molecule has 1 aliphatic carbocycles. The highest BCUT2D eigenvalue weighted by atomic mass is 16.6. The number of carbonyl (C=O) groups is 2. The van der Waals surface area contributed by atoms with Crippen molar-refractivity contribution in [3.05, 3.63) is 0 Å². The summed E-state index contributed by atoms with van der Waals surface area (Å²) in [5.41, 5.74) is -0.568. The van der Waals surface area contributed by atoms with Crippen LogP contribution in [-0.4, -0.2) is 46.6 Å². The molecule has 0 spiro atoms. The number of alkyl carbamates (subject to hydrolysis) is 1. The molecule has 2 rings (SSSR count). The van der Waals surface area contributed by atoms with Crippen LogP contribution in [-0.2, 0) is 14.3 Å². The van der Waals surface area contributed by atoms with Gasteiger partial charge in [-0.2, -0.15) is 0 Å². The average molecular weight is 256 g/mol. The Balaban J connectivity index is 1.95. The minimum atomic E-state index is -0.593. The van der Waals surface area contributed by atoms with Gasteiger partial charge in [0, 0.05) is 6.42 Å². The molecule has 1 saturated carbocycles. The van der Waals surface area contributed by atoms with Crippen LogP contribution in [0.2, 0.25) is 0 Å². The highest BCUT2D eigenvalue weighted by molar-refractivity contribution is 6.43.